The number of rotatable bonds is 3. The van der Waals surface area contributed by atoms with Gasteiger partial charge in [0.1, 0.15) is 13.2 Å². The fourth-order valence-electron chi connectivity index (χ4n) is 1.71. The van der Waals surface area contributed by atoms with Crippen LogP contribution in [0.5, 0.6) is 11.5 Å². The predicted molar refractivity (Wildman–Crippen MR) is 61.6 cm³/mol. The molecule has 1 aliphatic rings. The van der Waals surface area contributed by atoms with Gasteiger partial charge in [0, 0.05) is 6.07 Å². The lowest BCUT2D eigenvalue weighted by Gasteiger charge is -2.20. The van der Waals surface area contributed by atoms with Crippen LogP contribution < -0.4 is 15.2 Å². The Bertz CT molecular complexity index is 447. The summed E-state index contributed by atoms with van der Waals surface area (Å²) in [5.41, 5.74) is 6.30. The van der Waals surface area contributed by atoms with E-state index in [0.717, 1.165) is 5.56 Å². The van der Waals surface area contributed by atoms with Crippen LogP contribution >= 0.6 is 0 Å². The molecule has 2 rings (SSSR count). The average molecular weight is 238 g/mol. The van der Waals surface area contributed by atoms with Crippen molar-refractivity contribution in [2.45, 2.75) is 12.8 Å². The molecule has 6 heteroatoms. The van der Waals surface area contributed by atoms with Gasteiger partial charge in [-0.05, 0) is 24.1 Å². The minimum Gasteiger partial charge on any atom is -0.486 e. The van der Waals surface area contributed by atoms with Crippen LogP contribution in [-0.2, 0) is 0 Å². The van der Waals surface area contributed by atoms with Crippen molar-refractivity contribution in [3.8, 4) is 11.5 Å². The van der Waals surface area contributed by atoms with Gasteiger partial charge in [-0.1, -0.05) is 6.92 Å². The number of ether oxygens (including phenoxy) is 2. The summed E-state index contributed by atoms with van der Waals surface area (Å²) >= 11 is 0. The molecule has 6 nitrogen and oxygen atoms in total. The number of hydrogen-bond donors (Lipinski definition) is 1. The molecule has 0 bridgehead atoms. The van der Waals surface area contributed by atoms with Crippen LogP contribution in [0, 0.1) is 10.1 Å². The van der Waals surface area contributed by atoms with E-state index in [9.17, 15) is 10.1 Å². The van der Waals surface area contributed by atoms with Crippen molar-refractivity contribution in [1.82, 2.24) is 0 Å². The van der Waals surface area contributed by atoms with Crippen molar-refractivity contribution < 1.29 is 14.4 Å². The quantitative estimate of drug-likeness (QED) is 0.635. The topological polar surface area (TPSA) is 87.6 Å². The first kappa shape index (κ1) is 11.7. The molecule has 92 valence electrons. The summed E-state index contributed by atoms with van der Waals surface area (Å²) in [5, 5.41) is 11.0. The zero-order chi connectivity index (χ0) is 12.4. The molecule has 0 fully saturated rings. The molecule has 0 amide bonds. The highest BCUT2D eigenvalue weighted by Gasteiger charge is 2.26. The molecule has 1 aromatic rings. The third-order valence-electron chi connectivity index (χ3n) is 2.76. The van der Waals surface area contributed by atoms with Crippen molar-refractivity contribution in [3.63, 3.8) is 0 Å². The second-order valence-corrected chi connectivity index (χ2v) is 3.96. The van der Waals surface area contributed by atoms with E-state index < -0.39 is 4.92 Å². The van der Waals surface area contributed by atoms with E-state index in [1.807, 2.05) is 6.92 Å². The molecule has 1 aromatic carbocycles. The number of hydrogen-bond acceptors (Lipinski definition) is 5. The van der Waals surface area contributed by atoms with E-state index in [0.29, 0.717) is 25.5 Å². The fraction of sp³-hybridized carbons (Fsp3) is 0.455. The van der Waals surface area contributed by atoms with Crippen LogP contribution in [0.15, 0.2) is 12.1 Å². The molecule has 1 heterocycles. The van der Waals surface area contributed by atoms with Gasteiger partial charge in [-0.3, -0.25) is 10.1 Å². The molecule has 0 aromatic heterocycles. The van der Waals surface area contributed by atoms with Crippen molar-refractivity contribution in [1.29, 1.82) is 0 Å². The van der Waals surface area contributed by atoms with Gasteiger partial charge in [-0.25, -0.2) is 0 Å². The minimum atomic E-state index is -0.458. The second-order valence-electron chi connectivity index (χ2n) is 3.96. The molecule has 0 radical (unpaired) electrons. The van der Waals surface area contributed by atoms with Gasteiger partial charge in [0.2, 0.25) is 5.75 Å². The number of nitro benzene ring substituents is 1. The van der Waals surface area contributed by atoms with E-state index in [1.165, 1.54) is 6.07 Å². The molecule has 0 saturated heterocycles. The Balaban J connectivity index is 2.52. The van der Waals surface area contributed by atoms with Crippen LogP contribution in [-0.4, -0.2) is 24.7 Å². The van der Waals surface area contributed by atoms with Crippen molar-refractivity contribution in [3.05, 3.63) is 27.8 Å². The first-order valence-electron chi connectivity index (χ1n) is 5.41. The molecule has 0 aliphatic carbocycles. The monoisotopic (exact) mass is 238 g/mol. The Hall–Kier alpha value is -1.82. The Labute approximate surface area is 98.5 Å². The first-order valence-corrected chi connectivity index (χ1v) is 5.41. The summed E-state index contributed by atoms with van der Waals surface area (Å²) in [6.45, 7) is 3.08. The number of nitrogens with two attached hydrogens (primary N) is 1. The summed E-state index contributed by atoms with van der Waals surface area (Å²) in [6.07, 6.45) is 0. The van der Waals surface area contributed by atoms with E-state index in [1.54, 1.807) is 6.07 Å². The second kappa shape index (κ2) is 4.58. The molecule has 1 aliphatic heterocycles. The highest BCUT2D eigenvalue weighted by Crippen LogP contribution is 2.41. The number of nitrogens with zero attached hydrogens (tertiary/aromatic N) is 1. The maximum atomic E-state index is 11.0. The molecule has 17 heavy (non-hydrogen) atoms. The van der Waals surface area contributed by atoms with Gasteiger partial charge >= 0.3 is 5.69 Å². The van der Waals surface area contributed by atoms with Crippen LogP contribution in [0.1, 0.15) is 18.4 Å². The van der Waals surface area contributed by atoms with Crippen molar-refractivity contribution in [2.75, 3.05) is 19.8 Å². The maximum Gasteiger partial charge on any atom is 0.315 e. The van der Waals surface area contributed by atoms with Gasteiger partial charge in [0.05, 0.1) is 4.92 Å². The lowest BCUT2D eigenvalue weighted by atomic mass is 10.00. The van der Waals surface area contributed by atoms with Gasteiger partial charge in [0.15, 0.2) is 5.75 Å². The number of nitro groups is 1. The van der Waals surface area contributed by atoms with Crippen LogP contribution in [0.2, 0.25) is 0 Å². The van der Waals surface area contributed by atoms with Crippen molar-refractivity contribution >= 4 is 5.69 Å². The van der Waals surface area contributed by atoms with Crippen molar-refractivity contribution in [2.24, 2.45) is 5.73 Å². The summed E-state index contributed by atoms with van der Waals surface area (Å²) in [6, 6.07) is 3.27. The normalized spacial score (nSPS) is 15.4. The zero-order valence-electron chi connectivity index (χ0n) is 9.51. The lowest BCUT2D eigenvalue weighted by molar-refractivity contribution is -0.386. The summed E-state index contributed by atoms with van der Waals surface area (Å²) in [4.78, 5) is 10.5. The van der Waals surface area contributed by atoms with Gasteiger partial charge in [-0.15, -0.1) is 0 Å². The highest BCUT2D eigenvalue weighted by atomic mass is 16.6. The third kappa shape index (κ3) is 2.16. The molecule has 0 spiro atoms. The van der Waals surface area contributed by atoms with Gasteiger partial charge < -0.3 is 15.2 Å². The number of fused-ring (bicyclic) bond motifs is 1. The Morgan fingerprint density at radius 1 is 1.47 bits per heavy atom. The van der Waals surface area contributed by atoms with Crippen LogP contribution in [0.3, 0.4) is 0 Å². The fourth-order valence-corrected chi connectivity index (χ4v) is 1.71. The van der Waals surface area contributed by atoms with Gasteiger partial charge in [0.25, 0.3) is 0 Å². The average Bonchev–Trinajstić information content (AvgIpc) is 2.36. The predicted octanol–water partition coefficient (Wildman–Crippen LogP) is 1.43. The molecular weight excluding hydrogens is 224 g/mol. The Kier molecular flexibility index (Phi) is 3.14. The molecule has 0 saturated carbocycles. The standard InChI is InChI=1S/C11H14N2O4/c1-7(6-12)8-4-9(13(14)15)11-10(5-8)16-2-3-17-11/h4-5,7H,2-3,6,12H2,1H3. The van der Waals surface area contributed by atoms with E-state index in [2.05, 4.69) is 0 Å². The summed E-state index contributed by atoms with van der Waals surface area (Å²) < 4.78 is 10.7. The molecule has 1 unspecified atom stereocenters. The highest BCUT2D eigenvalue weighted by molar-refractivity contribution is 5.59. The van der Waals surface area contributed by atoms with E-state index in [-0.39, 0.29) is 17.4 Å². The molecular formula is C11H14N2O4. The lowest BCUT2D eigenvalue weighted by Crippen LogP contribution is -2.17. The zero-order valence-corrected chi connectivity index (χ0v) is 9.51. The smallest absolute Gasteiger partial charge is 0.315 e. The summed E-state index contributed by atoms with van der Waals surface area (Å²) in [5.74, 6) is 0.694. The first-order chi connectivity index (χ1) is 8.13. The van der Waals surface area contributed by atoms with Gasteiger partial charge in [-0.2, -0.15) is 0 Å². The van der Waals surface area contributed by atoms with Crippen LogP contribution in [0.4, 0.5) is 5.69 Å². The third-order valence-corrected chi connectivity index (χ3v) is 2.76. The molecule has 1 atom stereocenters. The SMILES string of the molecule is CC(CN)c1cc2c(c([N+](=O)[O-])c1)OCCO2. The van der Waals surface area contributed by atoms with E-state index in [4.69, 9.17) is 15.2 Å². The van der Waals surface area contributed by atoms with E-state index >= 15 is 0 Å². The molecule has 2 N–H and O–H groups in total. The Morgan fingerprint density at radius 3 is 2.82 bits per heavy atom. The minimum absolute atomic E-state index is 0.0459. The summed E-state index contributed by atoms with van der Waals surface area (Å²) in [7, 11) is 0. The largest absolute Gasteiger partial charge is 0.486 e. The van der Waals surface area contributed by atoms with Crippen LogP contribution in [0.25, 0.3) is 0 Å². The maximum absolute atomic E-state index is 11.0. The number of benzene rings is 1. The Morgan fingerprint density at radius 2 is 2.18 bits per heavy atom.